The third-order valence-electron chi connectivity index (χ3n) is 4.53. The van der Waals surface area contributed by atoms with E-state index in [-0.39, 0.29) is 0 Å². The SMILES string of the molecule is Cc1ccc(NC2CCC(C(C)(C)C)CC2)cc1O. The van der Waals surface area contributed by atoms with Crippen LogP contribution in [0, 0.1) is 18.3 Å². The fourth-order valence-electron chi connectivity index (χ4n) is 3.04. The van der Waals surface area contributed by atoms with E-state index in [1.807, 2.05) is 19.1 Å². The van der Waals surface area contributed by atoms with Crippen molar-refractivity contribution in [3.8, 4) is 5.75 Å². The molecule has 2 heteroatoms. The lowest BCUT2D eigenvalue weighted by molar-refractivity contribution is 0.173. The highest BCUT2D eigenvalue weighted by Crippen LogP contribution is 2.38. The van der Waals surface area contributed by atoms with E-state index in [1.54, 1.807) is 0 Å². The van der Waals surface area contributed by atoms with Gasteiger partial charge in [-0.15, -0.1) is 0 Å². The topological polar surface area (TPSA) is 32.3 Å². The third kappa shape index (κ3) is 3.65. The van der Waals surface area contributed by atoms with E-state index in [2.05, 4.69) is 32.2 Å². The molecule has 19 heavy (non-hydrogen) atoms. The summed E-state index contributed by atoms with van der Waals surface area (Å²) in [6, 6.07) is 6.43. The van der Waals surface area contributed by atoms with E-state index < -0.39 is 0 Å². The van der Waals surface area contributed by atoms with Gasteiger partial charge in [0.25, 0.3) is 0 Å². The number of hydrogen-bond acceptors (Lipinski definition) is 2. The smallest absolute Gasteiger partial charge is 0.120 e. The second-order valence-electron chi connectivity index (χ2n) is 7.06. The van der Waals surface area contributed by atoms with Gasteiger partial charge in [0.2, 0.25) is 0 Å². The minimum Gasteiger partial charge on any atom is -0.508 e. The van der Waals surface area contributed by atoms with E-state index in [0.717, 1.165) is 17.2 Å². The summed E-state index contributed by atoms with van der Waals surface area (Å²) in [5.41, 5.74) is 2.41. The Morgan fingerprint density at radius 2 is 1.74 bits per heavy atom. The van der Waals surface area contributed by atoms with Crippen molar-refractivity contribution in [3.05, 3.63) is 23.8 Å². The third-order valence-corrected chi connectivity index (χ3v) is 4.53. The van der Waals surface area contributed by atoms with Gasteiger partial charge < -0.3 is 10.4 Å². The van der Waals surface area contributed by atoms with Crippen molar-refractivity contribution < 1.29 is 5.11 Å². The minimum atomic E-state index is 0.383. The molecule has 0 amide bonds. The molecule has 1 aliphatic carbocycles. The molecule has 2 nitrogen and oxygen atoms in total. The first-order valence-corrected chi connectivity index (χ1v) is 7.42. The quantitative estimate of drug-likeness (QED) is 0.807. The van der Waals surface area contributed by atoms with Gasteiger partial charge in [0.1, 0.15) is 5.75 Å². The van der Waals surface area contributed by atoms with Crippen LogP contribution in [-0.2, 0) is 0 Å². The Kier molecular flexibility index (Phi) is 4.07. The lowest BCUT2D eigenvalue weighted by atomic mass is 9.71. The predicted molar refractivity (Wildman–Crippen MR) is 81.7 cm³/mol. The second kappa shape index (κ2) is 5.44. The molecule has 0 saturated heterocycles. The lowest BCUT2D eigenvalue weighted by Crippen LogP contribution is -2.31. The first kappa shape index (κ1) is 14.2. The molecule has 2 N–H and O–H groups in total. The number of aryl methyl sites for hydroxylation is 1. The number of phenols is 1. The molecule has 2 rings (SSSR count). The molecule has 0 spiro atoms. The van der Waals surface area contributed by atoms with Gasteiger partial charge in [-0.2, -0.15) is 0 Å². The number of hydrogen-bond donors (Lipinski definition) is 2. The van der Waals surface area contributed by atoms with Gasteiger partial charge in [-0.3, -0.25) is 0 Å². The van der Waals surface area contributed by atoms with Crippen molar-refractivity contribution in [2.45, 2.75) is 59.4 Å². The number of anilines is 1. The van der Waals surface area contributed by atoms with Gasteiger partial charge in [0, 0.05) is 17.8 Å². The predicted octanol–water partition coefficient (Wildman–Crippen LogP) is 4.72. The zero-order chi connectivity index (χ0) is 14.0. The van der Waals surface area contributed by atoms with Crippen LogP contribution in [0.25, 0.3) is 0 Å². The Morgan fingerprint density at radius 1 is 1.11 bits per heavy atom. The molecular weight excluding hydrogens is 234 g/mol. The van der Waals surface area contributed by atoms with Crippen LogP contribution in [0.3, 0.4) is 0 Å². The fraction of sp³-hybridized carbons (Fsp3) is 0.647. The number of benzene rings is 1. The molecule has 1 fully saturated rings. The van der Waals surface area contributed by atoms with Crippen LogP contribution in [0.2, 0.25) is 0 Å². The Labute approximate surface area is 117 Å². The normalized spacial score (nSPS) is 24.2. The average Bonchev–Trinajstić information content (AvgIpc) is 2.33. The summed E-state index contributed by atoms with van der Waals surface area (Å²) in [6.45, 7) is 8.98. The molecule has 0 bridgehead atoms. The minimum absolute atomic E-state index is 0.383. The number of phenolic OH excluding ortho intramolecular Hbond substituents is 1. The molecular formula is C17H27NO. The van der Waals surface area contributed by atoms with Gasteiger partial charge in [0.15, 0.2) is 0 Å². The van der Waals surface area contributed by atoms with E-state index in [0.29, 0.717) is 17.2 Å². The maximum absolute atomic E-state index is 9.74. The second-order valence-corrected chi connectivity index (χ2v) is 7.06. The van der Waals surface area contributed by atoms with E-state index in [1.165, 1.54) is 25.7 Å². The van der Waals surface area contributed by atoms with E-state index >= 15 is 0 Å². The van der Waals surface area contributed by atoms with Crippen LogP contribution < -0.4 is 5.32 Å². The van der Waals surface area contributed by atoms with Crippen LogP contribution in [0.1, 0.15) is 52.0 Å². The summed E-state index contributed by atoms with van der Waals surface area (Å²) < 4.78 is 0. The fourth-order valence-corrected chi connectivity index (χ4v) is 3.04. The van der Waals surface area contributed by atoms with Crippen LogP contribution in [0.15, 0.2) is 18.2 Å². The Bertz CT molecular complexity index is 425. The highest BCUT2D eigenvalue weighted by molar-refractivity contribution is 5.51. The maximum Gasteiger partial charge on any atom is 0.120 e. The molecule has 0 unspecified atom stereocenters. The molecule has 0 radical (unpaired) electrons. The van der Waals surface area contributed by atoms with Crippen molar-refractivity contribution in [1.82, 2.24) is 0 Å². The summed E-state index contributed by atoms with van der Waals surface area (Å²) in [5, 5.41) is 13.3. The summed E-state index contributed by atoms with van der Waals surface area (Å²) in [5.74, 6) is 1.23. The number of nitrogens with one attached hydrogen (secondary N) is 1. The zero-order valence-electron chi connectivity index (χ0n) is 12.7. The molecule has 0 heterocycles. The van der Waals surface area contributed by atoms with Gasteiger partial charge >= 0.3 is 0 Å². The summed E-state index contributed by atoms with van der Waals surface area (Å²) >= 11 is 0. The van der Waals surface area contributed by atoms with Gasteiger partial charge in [-0.1, -0.05) is 26.8 Å². The molecule has 1 aliphatic rings. The van der Waals surface area contributed by atoms with Crippen LogP contribution in [0.5, 0.6) is 5.75 Å². The first-order chi connectivity index (χ1) is 8.86. The standard InChI is InChI=1S/C17H27NO/c1-12-5-8-15(11-16(12)19)18-14-9-6-13(7-10-14)17(2,3)4/h5,8,11,13-14,18-19H,6-7,9-10H2,1-4H3. The number of aromatic hydroxyl groups is 1. The van der Waals surface area contributed by atoms with Gasteiger partial charge in [0.05, 0.1) is 0 Å². The Balaban J connectivity index is 1.90. The Morgan fingerprint density at radius 3 is 2.26 bits per heavy atom. The lowest BCUT2D eigenvalue weighted by Gasteiger charge is -2.37. The molecule has 0 atom stereocenters. The highest BCUT2D eigenvalue weighted by Gasteiger charge is 2.29. The molecule has 1 aromatic carbocycles. The largest absolute Gasteiger partial charge is 0.508 e. The summed E-state index contributed by atoms with van der Waals surface area (Å²) in [6.07, 6.45) is 5.07. The molecule has 0 aromatic heterocycles. The average molecular weight is 261 g/mol. The zero-order valence-corrected chi connectivity index (χ0v) is 12.7. The Hall–Kier alpha value is -1.18. The maximum atomic E-state index is 9.74. The van der Waals surface area contributed by atoms with Crippen LogP contribution in [0.4, 0.5) is 5.69 Å². The van der Waals surface area contributed by atoms with E-state index in [4.69, 9.17) is 0 Å². The first-order valence-electron chi connectivity index (χ1n) is 7.42. The van der Waals surface area contributed by atoms with Crippen LogP contribution >= 0.6 is 0 Å². The van der Waals surface area contributed by atoms with Crippen LogP contribution in [-0.4, -0.2) is 11.1 Å². The van der Waals surface area contributed by atoms with Crippen molar-refractivity contribution in [2.75, 3.05) is 5.32 Å². The van der Waals surface area contributed by atoms with E-state index in [9.17, 15) is 5.11 Å². The van der Waals surface area contributed by atoms with Crippen molar-refractivity contribution in [3.63, 3.8) is 0 Å². The van der Waals surface area contributed by atoms with Gasteiger partial charge in [-0.05, 0) is 55.6 Å². The number of rotatable bonds is 2. The summed E-state index contributed by atoms with van der Waals surface area (Å²) in [4.78, 5) is 0. The molecule has 0 aliphatic heterocycles. The molecule has 1 saturated carbocycles. The van der Waals surface area contributed by atoms with Crippen molar-refractivity contribution in [1.29, 1.82) is 0 Å². The molecule has 106 valence electrons. The highest BCUT2D eigenvalue weighted by atomic mass is 16.3. The van der Waals surface area contributed by atoms with Gasteiger partial charge in [-0.25, -0.2) is 0 Å². The summed E-state index contributed by atoms with van der Waals surface area (Å²) in [7, 11) is 0. The van der Waals surface area contributed by atoms with Crippen molar-refractivity contribution in [2.24, 2.45) is 11.3 Å². The monoisotopic (exact) mass is 261 g/mol. The molecule has 1 aromatic rings. The van der Waals surface area contributed by atoms with Crippen molar-refractivity contribution >= 4 is 5.69 Å².